The van der Waals surface area contributed by atoms with Crippen molar-refractivity contribution < 1.29 is 0 Å². The predicted molar refractivity (Wildman–Crippen MR) is 99.4 cm³/mol. The fourth-order valence-electron chi connectivity index (χ4n) is 3.19. The molecule has 1 aliphatic heterocycles. The van der Waals surface area contributed by atoms with Crippen LogP contribution in [0.15, 0.2) is 42.5 Å². The van der Waals surface area contributed by atoms with Crippen LogP contribution in [0, 0.1) is 22.7 Å². The molecule has 1 heterocycles. The third kappa shape index (κ3) is 4.31. The molecule has 1 aliphatic rings. The largest absolute Gasteiger partial charge is 0.369 e. The van der Waals surface area contributed by atoms with E-state index in [1.807, 2.05) is 36.4 Å². The number of halogens is 1. The Balaban J connectivity index is 1.66. The molecule has 1 saturated heterocycles. The van der Waals surface area contributed by atoms with Gasteiger partial charge in [0.15, 0.2) is 0 Å². The molecule has 0 N–H and O–H groups in total. The van der Waals surface area contributed by atoms with Crippen LogP contribution in [0.3, 0.4) is 0 Å². The Morgan fingerprint density at radius 2 is 1.72 bits per heavy atom. The van der Waals surface area contributed by atoms with E-state index >= 15 is 0 Å². The monoisotopic (exact) mass is 350 g/mol. The second-order valence-corrected chi connectivity index (χ2v) is 6.64. The van der Waals surface area contributed by atoms with E-state index in [4.69, 9.17) is 16.9 Å². The first kappa shape index (κ1) is 17.3. The Morgan fingerprint density at radius 1 is 0.920 bits per heavy atom. The van der Waals surface area contributed by atoms with Gasteiger partial charge in [0, 0.05) is 37.7 Å². The van der Waals surface area contributed by atoms with Gasteiger partial charge in [-0.2, -0.15) is 10.5 Å². The number of rotatable bonds is 3. The molecule has 2 aromatic rings. The number of anilines is 1. The summed E-state index contributed by atoms with van der Waals surface area (Å²) in [6, 6.07) is 17.7. The molecular formula is C20H19ClN4. The number of hydrogen-bond donors (Lipinski definition) is 0. The second-order valence-electron chi connectivity index (χ2n) is 6.20. The summed E-state index contributed by atoms with van der Waals surface area (Å²) in [5.74, 6) is 0. The fraction of sp³-hybridized carbons (Fsp3) is 0.300. The third-order valence-corrected chi connectivity index (χ3v) is 4.73. The molecule has 126 valence electrons. The molecule has 0 bridgehead atoms. The van der Waals surface area contributed by atoms with Crippen molar-refractivity contribution in [3.8, 4) is 12.1 Å². The lowest BCUT2D eigenvalue weighted by Crippen LogP contribution is -2.30. The van der Waals surface area contributed by atoms with Crippen LogP contribution in [0.1, 0.15) is 23.1 Å². The highest BCUT2D eigenvalue weighted by atomic mass is 35.5. The zero-order chi connectivity index (χ0) is 17.6. The summed E-state index contributed by atoms with van der Waals surface area (Å²) in [4.78, 5) is 4.69. The second kappa shape index (κ2) is 8.03. The Morgan fingerprint density at radius 3 is 2.44 bits per heavy atom. The molecule has 1 fully saturated rings. The van der Waals surface area contributed by atoms with Crippen LogP contribution in [-0.4, -0.2) is 31.1 Å². The van der Waals surface area contributed by atoms with Crippen LogP contribution < -0.4 is 4.90 Å². The Bertz CT molecular complexity index is 817. The van der Waals surface area contributed by atoms with E-state index in [0.29, 0.717) is 16.1 Å². The summed E-state index contributed by atoms with van der Waals surface area (Å²) in [6.07, 6.45) is 1.05. The highest BCUT2D eigenvalue weighted by molar-refractivity contribution is 6.30. The highest BCUT2D eigenvalue weighted by Gasteiger charge is 2.17. The van der Waals surface area contributed by atoms with Gasteiger partial charge >= 0.3 is 0 Å². The van der Waals surface area contributed by atoms with Gasteiger partial charge in [-0.1, -0.05) is 23.7 Å². The van der Waals surface area contributed by atoms with Gasteiger partial charge < -0.3 is 4.90 Å². The van der Waals surface area contributed by atoms with E-state index < -0.39 is 0 Å². The smallest absolute Gasteiger partial charge is 0.101 e. The summed E-state index contributed by atoms with van der Waals surface area (Å²) in [7, 11) is 0. The van der Waals surface area contributed by atoms with Crippen molar-refractivity contribution in [2.45, 2.75) is 13.0 Å². The lowest BCUT2D eigenvalue weighted by molar-refractivity contribution is 0.285. The van der Waals surface area contributed by atoms with Crippen molar-refractivity contribution in [1.29, 1.82) is 10.5 Å². The third-order valence-electron chi connectivity index (χ3n) is 4.50. The number of hydrogen-bond acceptors (Lipinski definition) is 4. The zero-order valence-corrected chi connectivity index (χ0v) is 14.7. The van der Waals surface area contributed by atoms with E-state index in [1.165, 1.54) is 5.56 Å². The van der Waals surface area contributed by atoms with Crippen LogP contribution in [0.25, 0.3) is 0 Å². The molecule has 0 aliphatic carbocycles. The summed E-state index contributed by atoms with van der Waals surface area (Å²) < 4.78 is 0. The van der Waals surface area contributed by atoms with Crippen LogP contribution >= 0.6 is 11.6 Å². The summed E-state index contributed by atoms with van der Waals surface area (Å²) in [5, 5.41) is 18.8. The van der Waals surface area contributed by atoms with E-state index in [1.54, 1.807) is 6.07 Å². The molecule has 0 atom stereocenters. The topological polar surface area (TPSA) is 54.1 Å². The van der Waals surface area contributed by atoms with E-state index in [9.17, 15) is 5.26 Å². The quantitative estimate of drug-likeness (QED) is 0.845. The van der Waals surface area contributed by atoms with Gasteiger partial charge in [0.25, 0.3) is 0 Å². The normalized spacial score (nSPS) is 15.2. The van der Waals surface area contributed by atoms with Crippen LogP contribution in [0.5, 0.6) is 0 Å². The van der Waals surface area contributed by atoms with Crippen molar-refractivity contribution in [1.82, 2.24) is 4.90 Å². The van der Waals surface area contributed by atoms with Crippen LogP contribution in [0.4, 0.5) is 5.69 Å². The molecule has 0 aromatic heterocycles. The minimum atomic E-state index is 0.595. The van der Waals surface area contributed by atoms with E-state index in [-0.39, 0.29) is 0 Å². The molecule has 0 amide bonds. The van der Waals surface area contributed by atoms with E-state index in [0.717, 1.165) is 44.8 Å². The SMILES string of the molecule is N#Cc1ccc(CN2CCCN(c3ccc(Cl)cc3C#N)CC2)cc1. The Labute approximate surface area is 153 Å². The van der Waals surface area contributed by atoms with Gasteiger partial charge in [-0.3, -0.25) is 4.90 Å². The average Bonchev–Trinajstić information content (AvgIpc) is 2.88. The predicted octanol–water partition coefficient (Wildman–Crippen LogP) is 3.80. The number of nitrogens with zero attached hydrogens (tertiary/aromatic N) is 4. The maximum atomic E-state index is 9.36. The van der Waals surface area contributed by atoms with Crippen LogP contribution in [0.2, 0.25) is 5.02 Å². The molecule has 25 heavy (non-hydrogen) atoms. The first-order valence-corrected chi connectivity index (χ1v) is 8.73. The van der Waals surface area contributed by atoms with Gasteiger partial charge in [-0.15, -0.1) is 0 Å². The van der Waals surface area contributed by atoms with Crippen molar-refractivity contribution in [3.05, 3.63) is 64.2 Å². The Hall–Kier alpha value is -2.53. The number of nitriles is 2. The maximum Gasteiger partial charge on any atom is 0.101 e. The van der Waals surface area contributed by atoms with Crippen molar-refractivity contribution in [2.75, 3.05) is 31.1 Å². The van der Waals surface area contributed by atoms with Crippen molar-refractivity contribution in [3.63, 3.8) is 0 Å². The molecule has 2 aromatic carbocycles. The van der Waals surface area contributed by atoms with Gasteiger partial charge in [-0.25, -0.2) is 0 Å². The first-order valence-electron chi connectivity index (χ1n) is 8.35. The summed E-state index contributed by atoms with van der Waals surface area (Å²) >= 11 is 6.00. The van der Waals surface area contributed by atoms with Crippen molar-refractivity contribution in [2.24, 2.45) is 0 Å². The lowest BCUT2D eigenvalue weighted by atomic mass is 10.1. The van der Waals surface area contributed by atoms with Gasteiger partial charge in [0.1, 0.15) is 6.07 Å². The summed E-state index contributed by atoms with van der Waals surface area (Å²) in [6.45, 7) is 4.65. The fourth-order valence-corrected chi connectivity index (χ4v) is 3.36. The van der Waals surface area contributed by atoms with Crippen molar-refractivity contribution >= 4 is 17.3 Å². The van der Waals surface area contributed by atoms with Crippen LogP contribution in [-0.2, 0) is 6.54 Å². The number of benzene rings is 2. The Kier molecular flexibility index (Phi) is 5.56. The highest BCUT2D eigenvalue weighted by Crippen LogP contribution is 2.25. The molecule has 0 saturated carbocycles. The summed E-state index contributed by atoms with van der Waals surface area (Å²) in [5.41, 5.74) is 3.51. The lowest BCUT2D eigenvalue weighted by Gasteiger charge is -2.24. The van der Waals surface area contributed by atoms with Gasteiger partial charge in [-0.05, 0) is 42.3 Å². The van der Waals surface area contributed by atoms with Gasteiger partial charge in [0.2, 0.25) is 0 Å². The van der Waals surface area contributed by atoms with Gasteiger partial charge in [0.05, 0.1) is 22.9 Å². The molecule has 0 unspecified atom stereocenters. The zero-order valence-electron chi connectivity index (χ0n) is 14.0. The van der Waals surface area contributed by atoms with E-state index in [2.05, 4.69) is 21.9 Å². The minimum absolute atomic E-state index is 0.595. The molecule has 0 radical (unpaired) electrons. The standard InChI is InChI=1S/C20H19ClN4/c21-19-6-7-20(18(12-19)14-23)25-9-1-8-24(10-11-25)15-17-4-2-16(13-22)3-5-17/h2-7,12H,1,8-11,15H2. The maximum absolute atomic E-state index is 9.36. The minimum Gasteiger partial charge on any atom is -0.369 e. The molecular weight excluding hydrogens is 332 g/mol. The first-order chi connectivity index (χ1) is 12.2. The molecule has 5 heteroatoms. The molecule has 0 spiro atoms. The average molecular weight is 351 g/mol. The molecule has 4 nitrogen and oxygen atoms in total. The molecule has 3 rings (SSSR count).